The van der Waals surface area contributed by atoms with Gasteiger partial charge in [-0.2, -0.15) is 15.0 Å². The van der Waals surface area contributed by atoms with Crippen LogP contribution < -0.4 is 16.8 Å². The number of hydrogen-bond donors (Lipinski definition) is 3. The Balaban J connectivity index is 0.000000561. The van der Waals surface area contributed by atoms with Crippen LogP contribution in [0.5, 0.6) is 0 Å². The monoisotopic (exact) mass is 170 g/mol. The first-order chi connectivity index (χ1) is 5.72. The van der Waals surface area contributed by atoms with Gasteiger partial charge < -0.3 is 16.8 Å². The minimum atomic E-state index is 0.122. The van der Waals surface area contributed by atoms with Crippen molar-refractivity contribution >= 4 is 17.8 Å². The SMILES string of the molecule is CC.CNc1nc(N)nc(N)n1. The highest BCUT2D eigenvalue weighted by molar-refractivity contribution is 5.36. The van der Waals surface area contributed by atoms with Crippen molar-refractivity contribution in [2.24, 2.45) is 0 Å². The predicted octanol–water partition coefficient (Wildman–Crippen LogP) is 0.104. The van der Waals surface area contributed by atoms with Crippen molar-refractivity contribution in [2.75, 3.05) is 23.8 Å². The Morgan fingerprint density at radius 1 is 1.00 bits per heavy atom. The second-order valence-electron chi connectivity index (χ2n) is 1.63. The maximum absolute atomic E-state index is 5.25. The summed E-state index contributed by atoms with van der Waals surface area (Å²) < 4.78 is 0. The van der Waals surface area contributed by atoms with E-state index in [0.29, 0.717) is 5.95 Å². The highest BCUT2D eigenvalue weighted by atomic mass is 15.2. The molecule has 0 radical (unpaired) electrons. The Morgan fingerprint density at radius 3 is 1.75 bits per heavy atom. The minimum Gasteiger partial charge on any atom is -0.368 e. The third kappa shape index (κ3) is 3.00. The smallest absolute Gasteiger partial charge is 0.229 e. The molecule has 0 atom stereocenters. The molecule has 0 aliphatic carbocycles. The van der Waals surface area contributed by atoms with Crippen LogP contribution >= 0.6 is 0 Å². The first-order valence-electron chi connectivity index (χ1n) is 3.67. The molecule has 1 rings (SSSR count). The maximum atomic E-state index is 5.25. The standard InChI is InChI=1S/C4H8N6.C2H6/c1-7-4-9-2(5)8-3(6)10-4;1-2/h1H3,(H5,5,6,7,8,9,10);1-2H3. The molecule has 6 nitrogen and oxygen atoms in total. The van der Waals surface area contributed by atoms with Crippen molar-refractivity contribution in [1.29, 1.82) is 0 Å². The number of aromatic nitrogens is 3. The lowest BCUT2D eigenvalue weighted by Gasteiger charge is -1.98. The number of nitrogens with two attached hydrogens (primary N) is 2. The minimum absolute atomic E-state index is 0.122. The van der Waals surface area contributed by atoms with E-state index in [0.717, 1.165) is 0 Å². The summed E-state index contributed by atoms with van der Waals surface area (Å²) in [6.45, 7) is 4.00. The van der Waals surface area contributed by atoms with Crippen molar-refractivity contribution in [1.82, 2.24) is 15.0 Å². The van der Waals surface area contributed by atoms with E-state index in [1.54, 1.807) is 7.05 Å². The van der Waals surface area contributed by atoms with E-state index >= 15 is 0 Å². The van der Waals surface area contributed by atoms with Gasteiger partial charge in [0.2, 0.25) is 17.8 Å². The van der Waals surface area contributed by atoms with Gasteiger partial charge in [-0.1, -0.05) is 13.8 Å². The third-order valence-electron chi connectivity index (χ3n) is 0.894. The number of rotatable bonds is 1. The van der Waals surface area contributed by atoms with E-state index < -0.39 is 0 Å². The topological polar surface area (TPSA) is 103 Å². The largest absolute Gasteiger partial charge is 0.368 e. The first-order valence-corrected chi connectivity index (χ1v) is 3.67. The lowest BCUT2D eigenvalue weighted by Crippen LogP contribution is -2.06. The molecule has 5 N–H and O–H groups in total. The quantitative estimate of drug-likeness (QED) is 0.552. The van der Waals surface area contributed by atoms with Gasteiger partial charge in [-0.3, -0.25) is 0 Å². The molecule has 1 heterocycles. The van der Waals surface area contributed by atoms with Crippen LogP contribution in [0.4, 0.5) is 17.8 Å². The Labute approximate surface area is 71.4 Å². The first kappa shape index (κ1) is 10.4. The van der Waals surface area contributed by atoms with Gasteiger partial charge in [0, 0.05) is 7.05 Å². The van der Waals surface area contributed by atoms with Crippen LogP contribution in [-0.4, -0.2) is 22.0 Å². The fourth-order valence-corrected chi connectivity index (χ4v) is 0.521. The Kier molecular flexibility index (Phi) is 4.43. The highest BCUT2D eigenvalue weighted by Crippen LogP contribution is 2.00. The van der Waals surface area contributed by atoms with Crippen molar-refractivity contribution in [3.05, 3.63) is 0 Å². The van der Waals surface area contributed by atoms with Crippen LogP contribution in [-0.2, 0) is 0 Å². The zero-order valence-electron chi connectivity index (χ0n) is 7.50. The van der Waals surface area contributed by atoms with Crippen LogP contribution in [0, 0.1) is 0 Å². The molecule has 1 aromatic heterocycles. The maximum Gasteiger partial charge on any atom is 0.229 e. The second kappa shape index (κ2) is 5.11. The lowest BCUT2D eigenvalue weighted by molar-refractivity contribution is 1.07. The Hall–Kier alpha value is -1.59. The molecule has 0 unspecified atom stereocenters. The van der Waals surface area contributed by atoms with Crippen molar-refractivity contribution in [2.45, 2.75) is 13.8 Å². The Bertz CT molecular complexity index is 215. The summed E-state index contributed by atoms with van der Waals surface area (Å²) in [7, 11) is 1.67. The summed E-state index contributed by atoms with van der Waals surface area (Å²) in [5.74, 6) is 0.624. The zero-order chi connectivity index (χ0) is 9.56. The molecule has 12 heavy (non-hydrogen) atoms. The van der Waals surface area contributed by atoms with Gasteiger partial charge in [-0.25, -0.2) is 0 Å². The van der Waals surface area contributed by atoms with Gasteiger partial charge >= 0.3 is 0 Å². The van der Waals surface area contributed by atoms with Crippen molar-refractivity contribution in [3.63, 3.8) is 0 Å². The zero-order valence-corrected chi connectivity index (χ0v) is 7.50. The molecule has 1 aromatic rings. The van der Waals surface area contributed by atoms with E-state index in [1.807, 2.05) is 13.8 Å². The average molecular weight is 170 g/mol. The molecule has 0 fully saturated rings. The summed E-state index contributed by atoms with van der Waals surface area (Å²) in [6.07, 6.45) is 0. The van der Waals surface area contributed by atoms with Gasteiger partial charge in [0.25, 0.3) is 0 Å². The molecule has 0 aliphatic rings. The summed E-state index contributed by atoms with van der Waals surface area (Å²) >= 11 is 0. The van der Waals surface area contributed by atoms with E-state index in [-0.39, 0.29) is 11.9 Å². The van der Waals surface area contributed by atoms with E-state index in [1.165, 1.54) is 0 Å². The van der Waals surface area contributed by atoms with Crippen LogP contribution in [0.25, 0.3) is 0 Å². The molecular weight excluding hydrogens is 156 g/mol. The molecule has 0 bridgehead atoms. The van der Waals surface area contributed by atoms with Crippen LogP contribution in [0.15, 0.2) is 0 Å². The normalized spacial score (nSPS) is 8.25. The molecule has 0 aliphatic heterocycles. The Morgan fingerprint density at radius 2 is 1.42 bits per heavy atom. The number of hydrogen-bond acceptors (Lipinski definition) is 6. The number of nitrogens with one attached hydrogen (secondary N) is 1. The van der Waals surface area contributed by atoms with Gasteiger partial charge in [-0.15, -0.1) is 0 Å². The van der Waals surface area contributed by atoms with Gasteiger partial charge in [0.1, 0.15) is 0 Å². The molecule has 6 heteroatoms. The van der Waals surface area contributed by atoms with Crippen molar-refractivity contribution < 1.29 is 0 Å². The molecular formula is C6H14N6. The summed E-state index contributed by atoms with van der Waals surface area (Å²) in [5.41, 5.74) is 10.5. The van der Waals surface area contributed by atoms with Gasteiger partial charge in [0.05, 0.1) is 0 Å². The molecule has 0 saturated carbocycles. The number of anilines is 3. The average Bonchev–Trinajstić information content (AvgIpc) is 2.06. The number of nitrogens with zero attached hydrogens (tertiary/aromatic N) is 3. The fraction of sp³-hybridized carbons (Fsp3) is 0.500. The fourth-order valence-electron chi connectivity index (χ4n) is 0.521. The van der Waals surface area contributed by atoms with Crippen LogP contribution in [0.3, 0.4) is 0 Å². The molecule has 68 valence electrons. The molecule has 0 saturated heterocycles. The van der Waals surface area contributed by atoms with Gasteiger partial charge in [0.15, 0.2) is 0 Å². The second-order valence-corrected chi connectivity index (χ2v) is 1.63. The van der Waals surface area contributed by atoms with Crippen LogP contribution in [0.2, 0.25) is 0 Å². The highest BCUT2D eigenvalue weighted by Gasteiger charge is 1.96. The molecule has 0 amide bonds. The predicted molar refractivity (Wildman–Crippen MR) is 49.5 cm³/mol. The van der Waals surface area contributed by atoms with E-state index in [4.69, 9.17) is 11.5 Å². The molecule has 0 spiro atoms. The summed E-state index contributed by atoms with van der Waals surface area (Å²) in [5, 5.41) is 2.69. The van der Waals surface area contributed by atoms with Crippen molar-refractivity contribution in [3.8, 4) is 0 Å². The number of nitrogen functional groups attached to an aromatic ring is 2. The summed E-state index contributed by atoms with van der Waals surface area (Å²) in [4.78, 5) is 11.0. The van der Waals surface area contributed by atoms with Crippen LogP contribution in [0.1, 0.15) is 13.8 Å². The third-order valence-corrected chi connectivity index (χ3v) is 0.894. The molecule has 0 aromatic carbocycles. The van der Waals surface area contributed by atoms with E-state index in [9.17, 15) is 0 Å². The summed E-state index contributed by atoms with van der Waals surface area (Å²) in [6, 6.07) is 0. The van der Waals surface area contributed by atoms with Gasteiger partial charge in [-0.05, 0) is 0 Å². The van der Waals surface area contributed by atoms with E-state index in [2.05, 4.69) is 20.3 Å². The lowest BCUT2D eigenvalue weighted by atomic mass is 10.8.